The molecule has 0 spiro atoms. The van der Waals surface area contributed by atoms with Gasteiger partial charge in [0.25, 0.3) is 11.6 Å². The van der Waals surface area contributed by atoms with E-state index in [-0.39, 0.29) is 18.3 Å². The highest BCUT2D eigenvalue weighted by molar-refractivity contribution is 6.06. The van der Waals surface area contributed by atoms with E-state index in [1.165, 1.54) is 0 Å². The maximum absolute atomic E-state index is 13.5. The minimum atomic E-state index is 0. The van der Waals surface area contributed by atoms with E-state index in [1.54, 1.807) is 0 Å². The van der Waals surface area contributed by atoms with Gasteiger partial charge in [0, 0.05) is 56.9 Å². The number of hydrogen-bond donors (Lipinski definition) is 1. The zero-order valence-corrected chi connectivity index (χ0v) is 17.8. The highest BCUT2D eigenvalue weighted by atomic mass is 35.5. The Kier molecular flexibility index (Phi) is 6.08. The molecule has 29 heavy (non-hydrogen) atoms. The number of rotatable bonds is 5. The number of piperazine rings is 1. The van der Waals surface area contributed by atoms with E-state index >= 15 is 0 Å². The molecule has 1 amide bonds. The summed E-state index contributed by atoms with van der Waals surface area (Å²) in [6, 6.07) is 2.50. The Morgan fingerprint density at radius 2 is 2.03 bits per heavy atom. The number of nitrogens with one attached hydrogen (secondary N) is 1. The Morgan fingerprint density at radius 1 is 1.24 bits per heavy atom. The standard InChI is InChI=1S/C21H29N5O2.ClH/c1-2-3-17-19-16(12-18(14-4-5-14)23-20(19)28-24-17)21(27)26-9-6-15(13-26)25-10-7-22-8-11-25;/h12,14-15,22H,2-11,13H2,1H3;1H. The molecular formula is C21H30ClN5O2. The van der Waals surface area contributed by atoms with Gasteiger partial charge in [-0.1, -0.05) is 18.5 Å². The van der Waals surface area contributed by atoms with Crippen molar-refractivity contribution in [3.05, 3.63) is 23.0 Å². The van der Waals surface area contributed by atoms with Crippen LogP contribution in [0.15, 0.2) is 10.6 Å². The molecule has 5 rings (SSSR count). The normalized spacial score (nSPS) is 22.8. The maximum atomic E-state index is 13.5. The third kappa shape index (κ3) is 4.00. The lowest BCUT2D eigenvalue weighted by Gasteiger charge is -2.32. The first-order valence-electron chi connectivity index (χ1n) is 10.8. The van der Waals surface area contributed by atoms with Crippen LogP contribution in [0.2, 0.25) is 0 Å². The summed E-state index contributed by atoms with van der Waals surface area (Å²) in [6.45, 7) is 7.99. The van der Waals surface area contributed by atoms with Crippen LogP contribution in [0, 0.1) is 0 Å². The molecule has 2 aromatic heterocycles. The Labute approximate surface area is 177 Å². The number of aryl methyl sites for hydroxylation is 1. The molecule has 1 saturated carbocycles. The molecule has 2 aliphatic heterocycles. The molecule has 0 radical (unpaired) electrons. The summed E-state index contributed by atoms with van der Waals surface area (Å²) >= 11 is 0. The molecule has 0 bridgehead atoms. The second-order valence-electron chi connectivity index (χ2n) is 8.41. The van der Waals surface area contributed by atoms with E-state index in [4.69, 9.17) is 4.52 Å². The number of nitrogens with zero attached hydrogens (tertiary/aromatic N) is 4. The predicted molar refractivity (Wildman–Crippen MR) is 114 cm³/mol. The first kappa shape index (κ1) is 20.6. The summed E-state index contributed by atoms with van der Waals surface area (Å²) in [7, 11) is 0. The molecule has 1 atom stereocenters. The zero-order valence-electron chi connectivity index (χ0n) is 17.0. The first-order valence-corrected chi connectivity index (χ1v) is 10.8. The number of fused-ring (bicyclic) bond motifs is 1. The fourth-order valence-electron chi connectivity index (χ4n) is 4.64. The lowest BCUT2D eigenvalue weighted by Crippen LogP contribution is -2.49. The largest absolute Gasteiger partial charge is 0.337 e. The number of aromatic nitrogens is 2. The Morgan fingerprint density at radius 3 is 2.76 bits per heavy atom. The van der Waals surface area contributed by atoms with Gasteiger partial charge in [-0.3, -0.25) is 9.69 Å². The van der Waals surface area contributed by atoms with Crippen molar-refractivity contribution in [3.8, 4) is 0 Å². The van der Waals surface area contributed by atoms with Crippen molar-refractivity contribution in [1.29, 1.82) is 0 Å². The van der Waals surface area contributed by atoms with Gasteiger partial charge in [-0.2, -0.15) is 0 Å². The fourth-order valence-corrected chi connectivity index (χ4v) is 4.64. The van der Waals surface area contributed by atoms with Crippen LogP contribution in [0.4, 0.5) is 0 Å². The lowest BCUT2D eigenvalue weighted by atomic mass is 10.0. The van der Waals surface area contributed by atoms with Gasteiger partial charge in [0.2, 0.25) is 0 Å². The van der Waals surface area contributed by atoms with Gasteiger partial charge in [-0.05, 0) is 31.7 Å². The van der Waals surface area contributed by atoms with Crippen molar-refractivity contribution in [1.82, 2.24) is 25.3 Å². The van der Waals surface area contributed by atoms with Gasteiger partial charge in [0.15, 0.2) is 0 Å². The van der Waals surface area contributed by atoms with Gasteiger partial charge < -0.3 is 14.7 Å². The van der Waals surface area contributed by atoms with Gasteiger partial charge >= 0.3 is 0 Å². The number of hydrogen-bond acceptors (Lipinski definition) is 6. The molecule has 0 aromatic carbocycles. The average molecular weight is 420 g/mol. The van der Waals surface area contributed by atoms with E-state index in [2.05, 4.69) is 27.3 Å². The summed E-state index contributed by atoms with van der Waals surface area (Å²) in [5.74, 6) is 0.593. The predicted octanol–water partition coefficient (Wildman–Crippen LogP) is 2.59. The molecule has 2 aromatic rings. The summed E-state index contributed by atoms with van der Waals surface area (Å²) in [5, 5.41) is 8.49. The van der Waals surface area contributed by atoms with E-state index in [1.807, 2.05) is 11.0 Å². The molecular weight excluding hydrogens is 390 g/mol. The number of carbonyl (C=O) groups is 1. The average Bonchev–Trinajstić information content (AvgIpc) is 3.33. The van der Waals surface area contributed by atoms with Crippen LogP contribution in [0.5, 0.6) is 0 Å². The number of halogens is 1. The molecule has 3 fully saturated rings. The third-order valence-electron chi connectivity index (χ3n) is 6.37. The Bertz CT molecular complexity index is 875. The molecule has 1 aliphatic carbocycles. The summed E-state index contributed by atoms with van der Waals surface area (Å²) in [5.41, 5.74) is 3.15. The molecule has 7 nitrogen and oxygen atoms in total. The number of pyridine rings is 1. The molecule has 1 unspecified atom stereocenters. The maximum Gasteiger partial charge on any atom is 0.259 e. The molecule has 158 valence electrons. The topological polar surface area (TPSA) is 74.5 Å². The number of likely N-dealkylation sites (tertiary alicyclic amines) is 1. The number of amides is 1. The third-order valence-corrected chi connectivity index (χ3v) is 6.37. The molecule has 8 heteroatoms. The van der Waals surface area contributed by atoms with E-state index in [0.717, 1.165) is 93.7 Å². The fraction of sp³-hybridized carbons (Fsp3) is 0.667. The summed E-state index contributed by atoms with van der Waals surface area (Å²) in [4.78, 5) is 22.8. The van der Waals surface area contributed by atoms with Gasteiger partial charge in [0.05, 0.1) is 16.6 Å². The monoisotopic (exact) mass is 419 g/mol. The van der Waals surface area contributed by atoms with Crippen molar-refractivity contribution < 1.29 is 9.32 Å². The Balaban J connectivity index is 0.00000205. The SMILES string of the molecule is CCCc1noc2nc(C3CC3)cc(C(=O)N3CCC(N4CCNCC4)C3)c12.Cl. The summed E-state index contributed by atoms with van der Waals surface area (Å²) < 4.78 is 5.54. The second kappa shape index (κ2) is 8.58. The van der Waals surface area contributed by atoms with Crippen LogP contribution < -0.4 is 5.32 Å². The van der Waals surface area contributed by atoms with Crippen LogP contribution in [-0.2, 0) is 6.42 Å². The smallest absolute Gasteiger partial charge is 0.259 e. The van der Waals surface area contributed by atoms with Crippen LogP contribution in [0.3, 0.4) is 0 Å². The highest BCUT2D eigenvalue weighted by Crippen LogP contribution is 2.41. The summed E-state index contributed by atoms with van der Waals surface area (Å²) in [6.07, 6.45) is 5.13. The van der Waals surface area contributed by atoms with Gasteiger partial charge in [-0.15, -0.1) is 12.4 Å². The molecule has 1 N–H and O–H groups in total. The minimum absolute atomic E-state index is 0. The highest BCUT2D eigenvalue weighted by Gasteiger charge is 2.34. The van der Waals surface area contributed by atoms with Gasteiger partial charge in [-0.25, -0.2) is 4.98 Å². The van der Waals surface area contributed by atoms with Crippen molar-refractivity contribution in [3.63, 3.8) is 0 Å². The van der Waals surface area contributed by atoms with Crippen LogP contribution in [0.25, 0.3) is 11.1 Å². The van der Waals surface area contributed by atoms with Crippen LogP contribution >= 0.6 is 12.4 Å². The van der Waals surface area contributed by atoms with Crippen LogP contribution in [0.1, 0.15) is 60.3 Å². The lowest BCUT2D eigenvalue weighted by molar-refractivity contribution is 0.0775. The van der Waals surface area contributed by atoms with Crippen molar-refractivity contribution in [2.75, 3.05) is 39.3 Å². The Hall–Kier alpha value is -1.70. The first-order chi connectivity index (χ1) is 13.7. The molecule has 4 heterocycles. The quantitative estimate of drug-likeness (QED) is 0.802. The van der Waals surface area contributed by atoms with Crippen LogP contribution in [-0.4, -0.2) is 71.2 Å². The van der Waals surface area contributed by atoms with E-state index < -0.39 is 0 Å². The van der Waals surface area contributed by atoms with Crippen molar-refractivity contribution in [2.24, 2.45) is 0 Å². The molecule has 2 saturated heterocycles. The van der Waals surface area contributed by atoms with E-state index in [9.17, 15) is 4.79 Å². The van der Waals surface area contributed by atoms with Crippen molar-refractivity contribution in [2.45, 2.75) is 51.0 Å². The van der Waals surface area contributed by atoms with E-state index in [0.29, 0.717) is 17.7 Å². The molecule has 3 aliphatic rings. The minimum Gasteiger partial charge on any atom is -0.337 e. The number of carbonyl (C=O) groups excluding carboxylic acids is 1. The van der Waals surface area contributed by atoms with Gasteiger partial charge in [0.1, 0.15) is 0 Å². The zero-order chi connectivity index (χ0) is 19.1. The second-order valence-corrected chi connectivity index (χ2v) is 8.41. The van der Waals surface area contributed by atoms with Crippen molar-refractivity contribution >= 4 is 29.4 Å².